The van der Waals surface area contributed by atoms with Crippen LogP contribution in [0.25, 0.3) is 16.1 Å². The standard InChI is InChI=1S/C15H13N3O/c1-17-11-4-10(5-12(19)6-11)15-3-2-9(8-18-15)13-7-14(13)16/h2-6,8,13-14,19H,7,16H2/t13-,14+/m1/s1. The molecule has 0 unspecified atom stereocenters. The van der Waals surface area contributed by atoms with E-state index in [1.807, 2.05) is 18.3 Å². The first-order valence-corrected chi connectivity index (χ1v) is 6.11. The van der Waals surface area contributed by atoms with Crippen LogP contribution in [0.1, 0.15) is 17.9 Å². The molecule has 2 aromatic rings. The number of hydrogen-bond donors (Lipinski definition) is 2. The van der Waals surface area contributed by atoms with Gasteiger partial charge in [-0.1, -0.05) is 6.07 Å². The van der Waals surface area contributed by atoms with Crippen LogP contribution < -0.4 is 5.73 Å². The Bertz CT molecular complexity index is 658. The highest BCUT2D eigenvalue weighted by Crippen LogP contribution is 2.39. The predicted octanol–water partition coefficient (Wildman–Crippen LogP) is 2.82. The Hall–Kier alpha value is -2.38. The Balaban J connectivity index is 1.94. The molecule has 1 aliphatic rings. The largest absolute Gasteiger partial charge is 0.509 e. The fourth-order valence-corrected chi connectivity index (χ4v) is 2.20. The van der Waals surface area contributed by atoms with Crippen LogP contribution in [0, 0.1) is 6.57 Å². The summed E-state index contributed by atoms with van der Waals surface area (Å²) in [4.78, 5) is 7.72. The third-order valence-corrected chi connectivity index (χ3v) is 3.38. The van der Waals surface area contributed by atoms with Crippen molar-refractivity contribution in [3.63, 3.8) is 0 Å². The minimum absolute atomic E-state index is 0.0820. The summed E-state index contributed by atoms with van der Waals surface area (Å²) < 4.78 is 0. The molecule has 3 rings (SSSR count). The molecule has 1 aliphatic carbocycles. The van der Waals surface area contributed by atoms with Crippen LogP contribution in [0.15, 0.2) is 36.5 Å². The van der Waals surface area contributed by atoms with E-state index in [4.69, 9.17) is 12.3 Å². The summed E-state index contributed by atoms with van der Waals surface area (Å²) in [6.45, 7) is 7.00. The molecule has 1 saturated carbocycles. The van der Waals surface area contributed by atoms with E-state index >= 15 is 0 Å². The van der Waals surface area contributed by atoms with E-state index in [-0.39, 0.29) is 11.8 Å². The Morgan fingerprint density at radius 3 is 2.68 bits per heavy atom. The lowest BCUT2D eigenvalue weighted by molar-refractivity contribution is 0.476. The van der Waals surface area contributed by atoms with Crippen molar-refractivity contribution in [1.82, 2.24) is 4.98 Å². The van der Waals surface area contributed by atoms with E-state index in [2.05, 4.69) is 9.83 Å². The van der Waals surface area contributed by atoms with Gasteiger partial charge in [0.05, 0.1) is 12.3 Å². The maximum Gasteiger partial charge on any atom is 0.191 e. The van der Waals surface area contributed by atoms with Gasteiger partial charge in [-0.3, -0.25) is 4.98 Å². The number of nitrogens with two attached hydrogens (primary N) is 1. The van der Waals surface area contributed by atoms with Crippen LogP contribution in [0.5, 0.6) is 5.75 Å². The van der Waals surface area contributed by atoms with Crippen molar-refractivity contribution in [2.45, 2.75) is 18.4 Å². The van der Waals surface area contributed by atoms with Gasteiger partial charge < -0.3 is 10.8 Å². The maximum atomic E-state index is 9.59. The predicted molar refractivity (Wildman–Crippen MR) is 72.9 cm³/mol. The molecule has 1 aromatic heterocycles. The van der Waals surface area contributed by atoms with Crippen LogP contribution in [-0.2, 0) is 0 Å². The number of rotatable bonds is 2. The van der Waals surface area contributed by atoms with Crippen LogP contribution in [0.2, 0.25) is 0 Å². The molecular weight excluding hydrogens is 238 g/mol. The third kappa shape index (κ3) is 2.28. The summed E-state index contributed by atoms with van der Waals surface area (Å²) in [6, 6.07) is 8.96. The topological polar surface area (TPSA) is 63.5 Å². The highest BCUT2D eigenvalue weighted by molar-refractivity contribution is 5.68. The van der Waals surface area contributed by atoms with Crippen molar-refractivity contribution in [3.8, 4) is 17.0 Å². The number of benzene rings is 1. The molecule has 0 aliphatic heterocycles. The number of aromatic hydroxyl groups is 1. The number of hydrogen-bond acceptors (Lipinski definition) is 3. The molecule has 1 aromatic carbocycles. The zero-order chi connectivity index (χ0) is 13.4. The summed E-state index contributed by atoms with van der Waals surface area (Å²) >= 11 is 0. The monoisotopic (exact) mass is 251 g/mol. The zero-order valence-electron chi connectivity index (χ0n) is 10.2. The quantitative estimate of drug-likeness (QED) is 0.807. The van der Waals surface area contributed by atoms with E-state index in [1.165, 1.54) is 6.07 Å². The second kappa shape index (κ2) is 4.38. The van der Waals surface area contributed by atoms with Gasteiger partial charge in [0.25, 0.3) is 0 Å². The van der Waals surface area contributed by atoms with Crippen molar-refractivity contribution in [1.29, 1.82) is 0 Å². The maximum absolute atomic E-state index is 9.59. The first-order chi connectivity index (χ1) is 9.17. The van der Waals surface area contributed by atoms with Gasteiger partial charge in [-0.2, -0.15) is 0 Å². The van der Waals surface area contributed by atoms with Gasteiger partial charge in [0, 0.05) is 18.2 Å². The summed E-state index contributed by atoms with van der Waals surface area (Å²) in [5.74, 6) is 0.517. The molecule has 4 nitrogen and oxygen atoms in total. The minimum Gasteiger partial charge on any atom is -0.509 e. The number of phenolic OH excluding ortho intramolecular Hbond substituents is 1. The van der Waals surface area contributed by atoms with Crippen molar-refractivity contribution in [2.75, 3.05) is 0 Å². The molecule has 4 heteroatoms. The first kappa shape index (κ1) is 11.7. The molecule has 19 heavy (non-hydrogen) atoms. The fourth-order valence-electron chi connectivity index (χ4n) is 2.20. The lowest BCUT2D eigenvalue weighted by Gasteiger charge is -2.04. The second-order valence-corrected chi connectivity index (χ2v) is 4.83. The lowest BCUT2D eigenvalue weighted by Crippen LogP contribution is -2.01. The average molecular weight is 251 g/mol. The number of aromatic nitrogens is 1. The molecule has 0 amide bonds. The minimum atomic E-state index is 0.0820. The average Bonchev–Trinajstić information content (AvgIpc) is 3.15. The van der Waals surface area contributed by atoms with Crippen molar-refractivity contribution in [2.24, 2.45) is 5.73 Å². The van der Waals surface area contributed by atoms with Crippen LogP contribution in [-0.4, -0.2) is 16.1 Å². The SMILES string of the molecule is [C-]#[N+]c1cc(O)cc(-c2ccc([C@H]3C[C@@H]3N)cn2)c1. The first-order valence-electron chi connectivity index (χ1n) is 6.11. The molecule has 1 heterocycles. The fraction of sp³-hybridized carbons (Fsp3) is 0.200. The van der Waals surface area contributed by atoms with Gasteiger partial charge in [0.15, 0.2) is 5.69 Å². The van der Waals surface area contributed by atoms with Crippen LogP contribution in [0.4, 0.5) is 5.69 Å². The summed E-state index contributed by atoms with van der Waals surface area (Å²) in [6.07, 6.45) is 2.85. The Kier molecular flexibility index (Phi) is 2.69. The molecule has 1 fully saturated rings. The van der Waals surface area contributed by atoms with Gasteiger partial charge in [-0.15, -0.1) is 0 Å². The normalized spacial score (nSPS) is 20.8. The number of nitrogens with zero attached hydrogens (tertiary/aromatic N) is 2. The van der Waals surface area contributed by atoms with Crippen LogP contribution in [0.3, 0.4) is 0 Å². The highest BCUT2D eigenvalue weighted by atomic mass is 16.3. The Morgan fingerprint density at radius 2 is 2.11 bits per heavy atom. The third-order valence-electron chi connectivity index (χ3n) is 3.38. The zero-order valence-corrected chi connectivity index (χ0v) is 10.2. The Morgan fingerprint density at radius 1 is 1.32 bits per heavy atom. The highest BCUT2D eigenvalue weighted by Gasteiger charge is 2.34. The van der Waals surface area contributed by atoms with Gasteiger partial charge in [-0.25, -0.2) is 4.85 Å². The Labute approximate surface area is 111 Å². The molecule has 2 atom stereocenters. The van der Waals surface area contributed by atoms with Crippen molar-refractivity contribution < 1.29 is 5.11 Å². The lowest BCUT2D eigenvalue weighted by atomic mass is 10.1. The van der Waals surface area contributed by atoms with E-state index in [0.717, 1.165) is 23.2 Å². The molecule has 0 radical (unpaired) electrons. The van der Waals surface area contributed by atoms with E-state index < -0.39 is 0 Å². The van der Waals surface area contributed by atoms with Crippen LogP contribution >= 0.6 is 0 Å². The van der Waals surface area contributed by atoms with E-state index in [1.54, 1.807) is 12.1 Å². The molecule has 0 spiro atoms. The summed E-state index contributed by atoms with van der Waals surface area (Å²) in [5.41, 5.74) is 8.87. The van der Waals surface area contributed by atoms with Crippen molar-refractivity contribution >= 4 is 5.69 Å². The smallest absolute Gasteiger partial charge is 0.191 e. The number of phenols is 1. The van der Waals surface area contributed by atoms with Gasteiger partial charge in [-0.05, 0) is 41.8 Å². The summed E-state index contributed by atoms with van der Waals surface area (Å²) in [7, 11) is 0. The van der Waals surface area contributed by atoms with Gasteiger partial charge >= 0.3 is 0 Å². The summed E-state index contributed by atoms with van der Waals surface area (Å²) in [5, 5.41) is 9.59. The van der Waals surface area contributed by atoms with Gasteiger partial charge in [0.2, 0.25) is 0 Å². The van der Waals surface area contributed by atoms with E-state index in [9.17, 15) is 5.11 Å². The molecule has 94 valence electrons. The van der Waals surface area contributed by atoms with E-state index in [0.29, 0.717) is 11.6 Å². The van der Waals surface area contributed by atoms with Crippen molar-refractivity contribution in [3.05, 3.63) is 53.5 Å². The molecular formula is C15H13N3O. The molecule has 0 bridgehead atoms. The number of pyridine rings is 1. The second-order valence-electron chi connectivity index (χ2n) is 4.83. The van der Waals surface area contributed by atoms with Gasteiger partial charge in [0.1, 0.15) is 5.75 Å². The molecule has 0 saturated heterocycles. The molecule has 3 N–H and O–H groups in total.